The summed E-state index contributed by atoms with van der Waals surface area (Å²) in [5.41, 5.74) is 5.88. The molecule has 0 aromatic heterocycles. The molecule has 0 aliphatic heterocycles. The van der Waals surface area contributed by atoms with Crippen molar-refractivity contribution in [1.82, 2.24) is 0 Å². The maximum atomic E-state index is 6.14. The minimum atomic E-state index is 0.269. The highest BCUT2D eigenvalue weighted by Crippen LogP contribution is 2.27. The Morgan fingerprint density at radius 1 is 1.05 bits per heavy atom. The van der Waals surface area contributed by atoms with E-state index in [9.17, 15) is 0 Å². The van der Waals surface area contributed by atoms with Crippen molar-refractivity contribution in [2.45, 2.75) is 45.1 Å². The first-order valence-electron chi connectivity index (χ1n) is 7.43. The van der Waals surface area contributed by atoms with Crippen LogP contribution in [0.4, 0.5) is 0 Å². The van der Waals surface area contributed by atoms with E-state index in [0.29, 0.717) is 12.5 Å². The molecule has 1 saturated carbocycles. The maximum Gasteiger partial charge on any atom is 0.120 e. The normalized spacial score (nSPS) is 23.7. The van der Waals surface area contributed by atoms with E-state index < -0.39 is 0 Å². The van der Waals surface area contributed by atoms with Crippen molar-refractivity contribution in [1.29, 1.82) is 0 Å². The van der Waals surface area contributed by atoms with Crippen LogP contribution in [-0.2, 0) is 0 Å². The molecular formula is C16H25NO2. The lowest BCUT2D eigenvalue weighted by molar-refractivity contribution is 0.129. The van der Waals surface area contributed by atoms with Gasteiger partial charge in [0.25, 0.3) is 0 Å². The van der Waals surface area contributed by atoms with Crippen LogP contribution in [0.2, 0.25) is 0 Å². The molecule has 1 aromatic carbocycles. The fraction of sp³-hybridized carbons (Fsp3) is 0.625. The predicted octanol–water partition coefficient (Wildman–Crippen LogP) is 3.37. The SMILES string of the molecule is CCOc1ccc(OC2CCCCCC2CN)cc1. The Labute approximate surface area is 116 Å². The molecule has 3 nitrogen and oxygen atoms in total. The zero-order chi connectivity index (χ0) is 13.5. The topological polar surface area (TPSA) is 44.5 Å². The van der Waals surface area contributed by atoms with Crippen molar-refractivity contribution in [2.75, 3.05) is 13.2 Å². The van der Waals surface area contributed by atoms with E-state index in [4.69, 9.17) is 15.2 Å². The summed E-state index contributed by atoms with van der Waals surface area (Å²) >= 11 is 0. The van der Waals surface area contributed by atoms with E-state index in [1.165, 1.54) is 25.7 Å². The number of ether oxygens (including phenoxy) is 2. The molecule has 1 aliphatic rings. The van der Waals surface area contributed by atoms with Crippen LogP contribution in [0.3, 0.4) is 0 Å². The van der Waals surface area contributed by atoms with Gasteiger partial charge in [-0.3, -0.25) is 0 Å². The van der Waals surface area contributed by atoms with Crippen LogP contribution in [0.1, 0.15) is 39.0 Å². The van der Waals surface area contributed by atoms with Gasteiger partial charge in [-0.1, -0.05) is 12.8 Å². The van der Waals surface area contributed by atoms with Gasteiger partial charge in [0, 0.05) is 5.92 Å². The van der Waals surface area contributed by atoms with Crippen LogP contribution >= 0.6 is 0 Å². The lowest BCUT2D eigenvalue weighted by Crippen LogP contribution is -2.31. The first kappa shape index (κ1) is 14.2. The van der Waals surface area contributed by atoms with E-state index in [2.05, 4.69) is 0 Å². The summed E-state index contributed by atoms with van der Waals surface area (Å²) in [6.45, 7) is 3.40. The summed E-state index contributed by atoms with van der Waals surface area (Å²) in [6.07, 6.45) is 6.42. The van der Waals surface area contributed by atoms with Crippen LogP contribution in [0.25, 0.3) is 0 Å². The molecule has 19 heavy (non-hydrogen) atoms. The minimum Gasteiger partial charge on any atom is -0.494 e. The van der Waals surface area contributed by atoms with Gasteiger partial charge >= 0.3 is 0 Å². The highest BCUT2D eigenvalue weighted by atomic mass is 16.5. The third-order valence-corrected chi connectivity index (χ3v) is 3.81. The van der Waals surface area contributed by atoms with E-state index in [1.54, 1.807) is 0 Å². The molecule has 0 amide bonds. The third kappa shape index (κ3) is 4.13. The molecule has 2 N–H and O–H groups in total. The summed E-state index contributed by atoms with van der Waals surface area (Å²) < 4.78 is 11.6. The van der Waals surface area contributed by atoms with Gasteiger partial charge in [-0.2, -0.15) is 0 Å². The van der Waals surface area contributed by atoms with Gasteiger partial charge in [-0.25, -0.2) is 0 Å². The summed E-state index contributed by atoms with van der Waals surface area (Å²) in [5, 5.41) is 0. The second-order valence-corrected chi connectivity index (χ2v) is 5.19. The van der Waals surface area contributed by atoms with Gasteiger partial charge in [0.2, 0.25) is 0 Å². The van der Waals surface area contributed by atoms with Crippen molar-refractivity contribution < 1.29 is 9.47 Å². The van der Waals surface area contributed by atoms with Crippen LogP contribution in [0.15, 0.2) is 24.3 Å². The molecule has 1 fully saturated rings. The Morgan fingerprint density at radius 3 is 2.42 bits per heavy atom. The Balaban J connectivity index is 1.97. The molecule has 0 spiro atoms. The maximum absolute atomic E-state index is 6.14. The Bertz CT molecular complexity index is 364. The average Bonchev–Trinajstić information content (AvgIpc) is 2.66. The number of rotatable bonds is 5. The standard InChI is InChI=1S/C16H25NO2/c1-2-18-14-8-10-15(11-9-14)19-16-7-5-3-4-6-13(16)12-17/h8-11,13,16H,2-7,12,17H2,1H3. The first-order chi connectivity index (χ1) is 9.33. The second kappa shape index (κ2) is 7.39. The van der Waals surface area contributed by atoms with E-state index in [1.807, 2.05) is 31.2 Å². The molecule has 0 heterocycles. The highest BCUT2D eigenvalue weighted by molar-refractivity contribution is 5.31. The average molecular weight is 263 g/mol. The van der Waals surface area contributed by atoms with Gasteiger partial charge < -0.3 is 15.2 Å². The lowest BCUT2D eigenvalue weighted by atomic mass is 9.97. The smallest absolute Gasteiger partial charge is 0.120 e. The molecule has 2 atom stereocenters. The van der Waals surface area contributed by atoms with Crippen molar-refractivity contribution in [3.8, 4) is 11.5 Å². The summed E-state index contributed by atoms with van der Waals surface area (Å²) in [5.74, 6) is 2.31. The zero-order valence-electron chi connectivity index (χ0n) is 11.8. The van der Waals surface area contributed by atoms with Gasteiger partial charge in [0.1, 0.15) is 17.6 Å². The van der Waals surface area contributed by atoms with Crippen LogP contribution in [0.5, 0.6) is 11.5 Å². The number of hydrogen-bond donors (Lipinski definition) is 1. The van der Waals surface area contributed by atoms with Crippen molar-refractivity contribution in [3.63, 3.8) is 0 Å². The second-order valence-electron chi connectivity index (χ2n) is 5.19. The summed E-state index contributed by atoms with van der Waals surface area (Å²) in [7, 11) is 0. The minimum absolute atomic E-state index is 0.269. The monoisotopic (exact) mass is 263 g/mol. The van der Waals surface area contributed by atoms with Crippen LogP contribution < -0.4 is 15.2 Å². The van der Waals surface area contributed by atoms with E-state index in [-0.39, 0.29) is 6.10 Å². The molecular weight excluding hydrogens is 238 g/mol. The van der Waals surface area contributed by atoms with E-state index in [0.717, 1.165) is 24.5 Å². The van der Waals surface area contributed by atoms with Crippen molar-refractivity contribution in [2.24, 2.45) is 11.7 Å². The molecule has 0 saturated heterocycles. The molecule has 3 heteroatoms. The van der Waals surface area contributed by atoms with Crippen molar-refractivity contribution in [3.05, 3.63) is 24.3 Å². The Kier molecular flexibility index (Phi) is 5.52. The predicted molar refractivity (Wildman–Crippen MR) is 77.7 cm³/mol. The summed E-state index contributed by atoms with van der Waals surface area (Å²) in [4.78, 5) is 0. The molecule has 0 radical (unpaired) electrons. The third-order valence-electron chi connectivity index (χ3n) is 3.81. The fourth-order valence-corrected chi connectivity index (χ4v) is 2.73. The molecule has 1 aromatic rings. The Hall–Kier alpha value is -1.22. The van der Waals surface area contributed by atoms with Gasteiger partial charge in [-0.15, -0.1) is 0 Å². The molecule has 0 bridgehead atoms. The molecule has 1 aliphatic carbocycles. The number of nitrogens with two attached hydrogens (primary N) is 1. The first-order valence-corrected chi connectivity index (χ1v) is 7.43. The van der Waals surface area contributed by atoms with Gasteiger partial charge in [-0.05, 0) is 57.0 Å². The molecule has 2 rings (SSSR count). The number of hydrogen-bond acceptors (Lipinski definition) is 3. The van der Waals surface area contributed by atoms with Crippen LogP contribution in [-0.4, -0.2) is 19.3 Å². The zero-order valence-corrected chi connectivity index (χ0v) is 11.8. The lowest BCUT2D eigenvalue weighted by Gasteiger charge is -2.25. The fourth-order valence-electron chi connectivity index (χ4n) is 2.73. The van der Waals surface area contributed by atoms with Gasteiger partial charge in [0.15, 0.2) is 0 Å². The summed E-state index contributed by atoms with van der Waals surface area (Å²) in [6, 6.07) is 7.91. The molecule has 106 valence electrons. The Morgan fingerprint density at radius 2 is 1.74 bits per heavy atom. The molecule has 2 unspecified atom stereocenters. The van der Waals surface area contributed by atoms with Crippen molar-refractivity contribution >= 4 is 0 Å². The van der Waals surface area contributed by atoms with Crippen LogP contribution in [0, 0.1) is 5.92 Å². The largest absolute Gasteiger partial charge is 0.494 e. The van der Waals surface area contributed by atoms with E-state index >= 15 is 0 Å². The number of benzene rings is 1. The highest BCUT2D eigenvalue weighted by Gasteiger charge is 2.24. The quantitative estimate of drug-likeness (QED) is 0.828. The van der Waals surface area contributed by atoms with Gasteiger partial charge in [0.05, 0.1) is 6.61 Å².